The molecule has 1 fully saturated rings. The molecule has 6 heteroatoms. The predicted molar refractivity (Wildman–Crippen MR) is 80.6 cm³/mol. The number of amides is 1. The van der Waals surface area contributed by atoms with Crippen molar-refractivity contribution >= 4 is 30.1 Å². The molecular formula is C14H19BClNO3. The van der Waals surface area contributed by atoms with Crippen LogP contribution >= 0.6 is 11.6 Å². The fourth-order valence-corrected chi connectivity index (χ4v) is 2.19. The van der Waals surface area contributed by atoms with Crippen LogP contribution in [0.4, 0.5) is 0 Å². The Bertz CT molecular complexity index is 529. The van der Waals surface area contributed by atoms with E-state index in [2.05, 4.69) is 5.32 Å². The van der Waals surface area contributed by atoms with Gasteiger partial charge in [0.25, 0.3) is 5.91 Å². The number of benzene rings is 1. The van der Waals surface area contributed by atoms with Gasteiger partial charge in [-0.2, -0.15) is 0 Å². The van der Waals surface area contributed by atoms with Crippen LogP contribution in [0.3, 0.4) is 0 Å². The van der Waals surface area contributed by atoms with E-state index in [0.29, 0.717) is 16.0 Å². The van der Waals surface area contributed by atoms with Crippen molar-refractivity contribution in [2.75, 3.05) is 7.05 Å². The zero-order valence-corrected chi connectivity index (χ0v) is 13.2. The summed E-state index contributed by atoms with van der Waals surface area (Å²) in [5, 5.41) is 3.11. The Morgan fingerprint density at radius 1 is 1.20 bits per heavy atom. The van der Waals surface area contributed by atoms with Gasteiger partial charge in [0, 0.05) is 23.1 Å². The first-order chi connectivity index (χ1) is 9.18. The van der Waals surface area contributed by atoms with Crippen LogP contribution in [-0.2, 0) is 9.31 Å². The summed E-state index contributed by atoms with van der Waals surface area (Å²) in [6.07, 6.45) is 0. The maximum absolute atomic E-state index is 11.7. The normalized spacial score (nSPS) is 20.0. The fraction of sp³-hybridized carbons (Fsp3) is 0.500. The Kier molecular flexibility index (Phi) is 3.89. The Hall–Kier alpha value is -1.04. The molecule has 0 spiro atoms. The molecule has 0 bridgehead atoms. The predicted octanol–water partition coefficient (Wildman–Crippen LogP) is 2.00. The number of hydrogen-bond acceptors (Lipinski definition) is 3. The second-order valence-electron chi connectivity index (χ2n) is 5.90. The number of rotatable bonds is 2. The highest BCUT2D eigenvalue weighted by Gasteiger charge is 2.52. The lowest BCUT2D eigenvalue weighted by Gasteiger charge is -2.32. The third kappa shape index (κ3) is 2.58. The largest absolute Gasteiger partial charge is 0.496 e. The number of carbonyl (C=O) groups is 1. The standard InChI is InChI=1S/C14H19BClNO3/c1-13(2)14(3,4)20-15(19-13)10-8-9(12(18)17-5)6-7-11(10)16/h6-8H,1-5H3,(H,17,18). The van der Waals surface area contributed by atoms with E-state index in [9.17, 15) is 4.79 Å². The molecule has 4 nitrogen and oxygen atoms in total. The van der Waals surface area contributed by atoms with Gasteiger partial charge < -0.3 is 14.6 Å². The summed E-state index contributed by atoms with van der Waals surface area (Å²) in [5.41, 5.74) is 0.321. The lowest BCUT2D eigenvalue weighted by molar-refractivity contribution is 0.00578. The van der Waals surface area contributed by atoms with Gasteiger partial charge in [0.15, 0.2) is 0 Å². The quantitative estimate of drug-likeness (QED) is 0.849. The number of carbonyl (C=O) groups excluding carboxylic acids is 1. The highest BCUT2D eigenvalue weighted by atomic mass is 35.5. The van der Waals surface area contributed by atoms with Crippen molar-refractivity contribution < 1.29 is 14.1 Å². The van der Waals surface area contributed by atoms with E-state index in [1.165, 1.54) is 0 Å². The second kappa shape index (κ2) is 5.06. The molecule has 0 atom stereocenters. The van der Waals surface area contributed by atoms with Gasteiger partial charge in [0.1, 0.15) is 0 Å². The lowest BCUT2D eigenvalue weighted by Crippen LogP contribution is -2.41. The van der Waals surface area contributed by atoms with Gasteiger partial charge in [-0.25, -0.2) is 0 Å². The first-order valence-electron chi connectivity index (χ1n) is 6.55. The first-order valence-corrected chi connectivity index (χ1v) is 6.93. The highest BCUT2D eigenvalue weighted by molar-refractivity contribution is 6.65. The average Bonchev–Trinajstić information content (AvgIpc) is 2.58. The Morgan fingerprint density at radius 2 is 1.75 bits per heavy atom. The van der Waals surface area contributed by atoms with Gasteiger partial charge in [-0.05, 0) is 45.9 Å². The molecular weight excluding hydrogens is 276 g/mol. The van der Waals surface area contributed by atoms with E-state index in [-0.39, 0.29) is 5.91 Å². The van der Waals surface area contributed by atoms with Gasteiger partial charge in [-0.15, -0.1) is 0 Å². The molecule has 1 N–H and O–H groups in total. The molecule has 2 rings (SSSR count). The summed E-state index contributed by atoms with van der Waals surface area (Å²) in [4.78, 5) is 11.7. The lowest BCUT2D eigenvalue weighted by atomic mass is 9.78. The van der Waals surface area contributed by atoms with Crippen LogP contribution in [0.15, 0.2) is 18.2 Å². The molecule has 20 heavy (non-hydrogen) atoms. The minimum absolute atomic E-state index is 0.167. The second-order valence-corrected chi connectivity index (χ2v) is 6.31. The maximum atomic E-state index is 11.7. The van der Waals surface area contributed by atoms with E-state index in [0.717, 1.165) is 0 Å². The van der Waals surface area contributed by atoms with Gasteiger partial charge in [-0.1, -0.05) is 11.6 Å². The van der Waals surface area contributed by atoms with Crippen LogP contribution in [0.25, 0.3) is 0 Å². The number of hydrogen-bond donors (Lipinski definition) is 1. The van der Waals surface area contributed by atoms with E-state index >= 15 is 0 Å². The van der Waals surface area contributed by atoms with E-state index < -0.39 is 18.3 Å². The molecule has 0 aromatic heterocycles. The topological polar surface area (TPSA) is 47.6 Å². The van der Waals surface area contributed by atoms with Gasteiger partial charge in [-0.3, -0.25) is 4.79 Å². The molecule has 1 aromatic rings. The molecule has 0 saturated carbocycles. The van der Waals surface area contributed by atoms with Crippen molar-refractivity contribution in [3.8, 4) is 0 Å². The molecule has 0 unspecified atom stereocenters. The van der Waals surface area contributed by atoms with Crippen LogP contribution in [0, 0.1) is 0 Å². The highest BCUT2D eigenvalue weighted by Crippen LogP contribution is 2.37. The Labute approximate surface area is 124 Å². The van der Waals surface area contributed by atoms with E-state index in [4.69, 9.17) is 20.9 Å². The van der Waals surface area contributed by atoms with Crippen molar-refractivity contribution in [2.45, 2.75) is 38.9 Å². The van der Waals surface area contributed by atoms with Crippen LogP contribution < -0.4 is 10.8 Å². The summed E-state index contributed by atoms with van der Waals surface area (Å²) in [5.74, 6) is -0.167. The van der Waals surface area contributed by atoms with Crippen molar-refractivity contribution in [2.24, 2.45) is 0 Å². The Balaban J connectivity index is 2.37. The molecule has 1 heterocycles. The minimum Gasteiger partial charge on any atom is -0.399 e. The smallest absolute Gasteiger partial charge is 0.399 e. The van der Waals surface area contributed by atoms with Crippen LogP contribution in [-0.4, -0.2) is 31.3 Å². The fourth-order valence-electron chi connectivity index (χ4n) is 1.98. The third-order valence-corrected chi connectivity index (χ3v) is 4.34. The molecule has 108 valence electrons. The molecule has 1 aromatic carbocycles. The summed E-state index contributed by atoms with van der Waals surface area (Å²) < 4.78 is 11.9. The van der Waals surface area contributed by atoms with Crippen LogP contribution in [0.1, 0.15) is 38.1 Å². The van der Waals surface area contributed by atoms with Crippen LogP contribution in [0.5, 0.6) is 0 Å². The van der Waals surface area contributed by atoms with Crippen molar-refractivity contribution in [3.63, 3.8) is 0 Å². The summed E-state index contributed by atoms with van der Waals surface area (Å²) in [7, 11) is 1.02. The summed E-state index contributed by atoms with van der Waals surface area (Å²) in [6, 6.07) is 5.08. The third-order valence-electron chi connectivity index (χ3n) is 3.99. The SMILES string of the molecule is CNC(=O)c1ccc(Cl)c(B2OC(C)(C)C(C)(C)O2)c1. The van der Waals surface area contributed by atoms with Crippen molar-refractivity contribution in [3.05, 3.63) is 28.8 Å². The maximum Gasteiger partial charge on any atom is 0.496 e. The molecule has 0 radical (unpaired) electrons. The molecule has 1 saturated heterocycles. The zero-order valence-electron chi connectivity index (χ0n) is 12.4. The molecule has 1 aliphatic heterocycles. The van der Waals surface area contributed by atoms with E-state index in [1.807, 2.05) is 27.7 Å². The van der Waals surface area contributed by atoms with Gasteiger partial charge >= 0.3 is 7.12 Å². The molecule has 1 amide bonds. The number of nitrogens with one attached hydrogen (secondary N) is 1. The molecule has 1 aliphatic rings. The van der Waals surface area contributed by atoms with Crippen molar-refractivity contribution in [1.29, 1.82) is 0 Å². The first kappa shape index (κ1) is 15.4. The monoisotopic (exact) mass is 295 g/mol. The van der Waals surface area contributed by atoms with Crippen molar-refractivity contribution in [1.82, 2.24) is 5.32 Å². The molecule has 0 aliphatic carbocycles. The summed E-state index contributed by atoms with van der Waals surface area (Å²) >= 11 is 6.22. The van der Waals surface area contributed by atoms with Crippen LogP contribution in [0.2, 0.25) is 5.02 Å². The van der Waals surface area contributed by atoms with Gasteiger partial charge in [0.05, 0.1) is 11.2 Å². The Morgan fingerprint density at radius 3 is 2.25 bits per heavy atom. The minimum atomic E-state index is -0.572. The zero-order chi connectivity index (χ0) is 15.1. The summed E-state index contributed by atoms with van der Waals surface area (Å²) in [6.45, 7) is 7.90. The van der Waals surface area contributed by atoms with Gasteiger partial charge in [0.2, 0.25) is 0 Å². The average molecular weight is 296 g/mol. The van der Waals surface area contributed by atoms with E-state index in [1.54, 1.807) is 25.2 Å². The number of halogens is 1.